The summed E-state index contributed by atoms with van der Waals surface area (Å²) in [7, 11) is 0. The predicted molar refractivity (Wildman–Crippen MR) is 123 cm³/mol. The third-order valence-electron chi connectivity index (χ3n) is 7.91. The highest BCUT2D eigenvalue weighted by molar-refractivity contribution is 4.90. The van der Waals surface area contributed by atoms with Gasteiger partial charge in [-0.3, -0.25) is 0 Å². The minimum atomic E-state index is 0.522. The molecule has 4 unspecified atom stereocenters. The second kappa shape index (κ2) is 14.5. The van der Waals surface area contributed by atoms with Crippen molar-refractivity contribution in [1.82, 2.24) is 0 Å². The first kappa shape index (κ1) is 26.6. The Morgan fingerprint density at radius 3 is 1.78 bits per heavy atom. The van der Waals surface area contributed by atoms with Crippen molar-refractivity contribution in [3.05, 3.63) is 6.42 Å². The van der Waals surface area contributed by atoms with Gasteiger partial charge in [0.1, 0.15) is 0 Å². The Labute approximate surface area is 173 Å². The summed E-state index contributed by atoms with van der Waals surface area (Å²) in [5, 5.41) is 0. The van der Waals surface area contributed by atoms with E-state index < -0.39 is 0 Å². The molecule has 4 atom stereocenters. The Morgan fingerprint density at radius 2 is 1.37 bits per heavy atom. The smallest absolute Gasteiger partial charge is 0.0274 e. The van der Waals surface area contributed by atoms with E-state index in [0.717, 1.165) is 18.3 Å². The molecule has 0 heterocycles. The van der Waals surface area contributed by atoms with Crippen molar-refractivity contribution in [2.24, 2.45) is 35.0 Å². The maximum absolute atomic E-state index is 7.47. The molecule has 0 rings (SSSR count). The molecule has 0 saturated heterocycles. The average Bonchev–Trinajstić information content (AvgIpc) is 2.66. The topological polar surface area (TPSA) is 0 Å². The van der Waals surface area contributed by atoms with E-state index >= 15 is 0 Å². The molecule has 0 N–H and O–H groups in total. The second-order valence-electron chi connectivity index (χ2n) is 9.56. The third-order valence-corrected chi connectivity index (χ3v) is 7.91. The van der Waals surface area contributed by atoms with Crippen molar-refractivity contribution in [1.29, 1.82) is 0 Å². The lowest BCUT2D eigenvalue weighted by Crippen LogP contribution is -2.35. The van der Waals surface area contributed by atoms with E-state index in [1.54, 1.807) is 0 Å². The van der Waals surface area contributed by atoms with Crippen LogP contribution in [0.3, 0.4) is 0 Å². The fourth-order valence-electron chi connectivity index (χ4n) is 5.83. The molecule has 0 aliphatic heterocycles. The summed E-state index contributed by atoms with van der Waals surface area (Å²) in [6.07, 6.45) is 21.9. The normalized spacial score (nSPS) is 16.7. The van der Waals surface area contributed by atoms with Crippen LogP contribution in [-0.4, -0.2) is 0 Å². The van der Waals surface area contributed by atoms with Crippen molar-refractivity contribution in [2.45, 2.75) is 126 Å². The Morgan fingerprint density at radius 1 is 0.778 bits per heavy atom. The quantitative estimate of drug-likeness (QED) is 0.186. The van der Waals surface area contributed by atoms with Crippen molar-refractivity contribution in [2.75, 3.05) is 0 Å². The standard InChI is InChI=1S/C27H51/c1-10-16-19-24(17-11-2)26(27(13-4,14-5)15-6)21-20-23(9)25(18-12-3)22(7)8/h22-26H,10-11,13-21H2,1-2,4-9H3/q-1. The molecule has 0 fully saturated rings. The number of rotatable bonds is 16. The van der Waals surface area contributed by atoms with Gasteiger partial charge in [0.15, 0.2) is 0 Å². The predicted octanol–water partition coefficient (Wildman–Crippen LogP) is 9.09. The molecule has 0 radical (unpaired) electrons. The molecule has 0 aromatic carbocycles. The van der Waals surface area contributed by atoms with E-state index in [4.69, 9.17) is 6.42 Å². The average molecular weight is 376 g/mol. The molecule has 0 bridgehead atoms. The van der Waals surface area contributed by atoms with Gasteiger partial charge in [-0.15, -0.1) is 0 Å². The fraction of sp³-hybridized carbons (Fsp3) is 0.926. The van der Waals surface area contributed by atoms with Crippen LogP contribution in [0.2, 0.25) is 0 Å². The van der Waals surface area contributed by atoms with Crippen LogP contribution in [0.25, 0.3) is 0 Å². The zero-order valence-electron chi connectivity index (χ0n) is 20.2. The van der Waals surface area contributed by atoms with Gasteiger partial charge < -0.3 is 12.3 Å². The van der Waals surface area contributed by atoms with Crippen molar-refractivity contribution < 1.29 is 0 Å². The second-order valence-corrected chi connectivity index (χ2v) is 9.56. The third kappa shape index (κ3) is 8.21. The molecular weight excluding hydrogens is 324 g/mol. The van der Waals surface area contributed by atoms with Gasteiger partial charge >= 0.3 is 0 Å². The van der Waals surface area contributed by atoms with Crippen LogP contribution in [0.1, 0.15) is 126 Å². The molecule has 0 nitrogen and oxygen atoms in total. The molecule has 27 heavy (non-hydrogen) atoms. The molecular formula is C27H51-. The lowest BCUT2D eigenvalue weighted by atomic mass is 9.60. The molecule has 0 aromatic rings. The Balaban J connectivity index is 5.48. The summed E-state index contributed by atoms with van der Waals surface area (Å²) >= 11 is 0. The first-order valence-electron chi connectivity index (χ1n) is 12.3. The first-order chi connectivity index (χ1) is 12.9. The lowest BCUT2D eigenvalue weighted by Gasteiger charge is -2.45. The first-order valence-corrected chi connectivity index (χ1v) is 12.3. The number of unbranched alkanes of at least 4 members (excludes halogenated alkanes) is 1. The van der Waals surface area contributed by atoms with E-state index in [0.29, 0.717) is 23.2 Å². The molecule has 0 aromatic heterocycles. The van der Waals surface area contributed by atoms with Gasteiger partial charge in [-0.1, -0.05) is 113 Å². The largest absolute Gasteiger partial charge is 0.694 e. The van der Waals surface area contributed by atoms with E-state index in [1.807, 2.05) is 0 Å². The zero-order valence-corrected chi connectivity index (χ0v) is 20.2. The van der Waals surface area contributed by atoms with Crippen LogP contribution in [0.5, 0.6) is 0 Å². The minimum absolute atomic E-state index is 0.522. The van der Waals surface area contributed by atoms with Gasteiger partial charge in [-0.2, -0.15) is 0 Å². The van der Waals surface area contributed by atoms with Gasteiger partial charge in [-0.25, -0.2) is 0 Å². The maximum Gasteiger partial charge on any atom is -0.0274 e. The van der Waals surface area contributed by atoms with Crippen LogP contribution in [0.4, 0.5) is 0 Å². The summed E-state index contributed by atoms with van der Waals surface area (Å²) in [4.78, 5) is 0. The van der Waals surface area contributed by atoms with Crippen LogP contribution in [-0.2, 0) is 0 Å². The molecule has 0 saturated carbocycles. The molecule has 160 valence electrons. The van der Waals surface area contributed by atoms with E-state index in [2.05, 4.69) is 61.3 Å². The van der Waals surface area contributed by atoms with Crippen LogP contribution in [0, 0.1) is 47.3 Å². The van der Waals surface area contributed by atoms with E-state index in [9.17, 15) is 0 Å². The Hall–Kier alpha value is -0.440. The SMILES string of the molecule is [C-]#CCC(C(C)C)C(C)CCC(C(CCC)CCCC)C(CC)(CC)CC. The van der Waals surface area contributed by atoms with Crippen molar-refractivity contribution in [3.63, 3.8) is 0 Å². The van der Waals surface area contributed by atoms with Gasteiger partial charge in [0.05, 0.1) is 0 Å². The highest BCUT2D eigenvalue weighted by Gasteiger charge is 2.38. The van der Waals surface area contributed by atoms with Crippen LogP contribution < -0.4 is 0 Å². The molecule has 0 spiro atoms. The van der Waals surface area contributed by atoms with Crippen LogP contribution in [0.15, 0.2) is 0 Å². The van der Waals surface area contributed by atoms with E-state index in [1.165, 1.54) is 64.2 Å². The van der Waals surface area contributed by atoms with Gasteiger partial charge in [-0.05, 0) is 47.8 Å². The van der Waals surface area contributed by atoms with Gasteiger partial charge in [0, 0.05) is 0 Å². The van der Waals surface area contributed by atoms with Gasteiger partial charge in [0.25, 0.3) is 0 Å². The van der Waals surface area contributed by atoms with E-state index in [-0.39, 0.29) is 0 Å². The summed E-state index contributed by atoms with van der Waals surface area (Å²) < 4.78 is 0. The fourth-order valence-corrected chi connectivity index (χ4v) is 5.83. The highest BCUT2D eigenvalue weighted by atomic mass is 14.4. The van der Waals surface area contributed by atoms with Crippen molar-refractivity contribution >= 4 is 0 Å². The van der Waals surface area contributed by atoms with Gasteiger partial charge in [0.2, 0.25) is 0 Å². The minimum Gasteiger partial charge on any atom is -0.694 e. The van der Waals surface area contributed by atoms with Crippen molar-refractivity contribution in [3.8, 4) is 5.92 Å². The number of hydrogen-bond acceptors (Lipinski definition) is 0. The highest BCUT2D eigenvalue weighted by Crippen LogP contribution is 2.48. The summed E-state index contributed by atoms with van der Waals surface area (Å²) in [6.45, 7) is 19.1. The maximum atomic E-state index is 7.47. The molecule has 0 aliphatic rings. The molecule has 0 aliphatic carbocycles. The Kier molecular flexibility index (Phi) is 14.3. The van der Waals surface area contributed by atoms with Crippen LogP contribution >= 0.6 is 0 Å². The summed E-state index contributed by atoms with van der Waals surface area (Å²) in [6, 6.07) is 0. The zero-order chi connectivity index (χ0) is 20.9. The molecule has 0 amide bonds. The molecule has 0 heteroatoms. The summed E-state index contributed by atoms with van der Waals surface area (Å²) in [5.41, 5.74) is 0.522. The summed E-state index contributed by atoms with van der Waals surface area (Å²) in [5.74, 6) is 6.42. The number of hydrogen-bond donors (Lipinski definition) is 0. The monoisotopic (exact) mass is 375 g/mol. The lowest BCUT2D eigenvalue weighted by molar-refractivity contribution is 0.0538. The Bertz CT molecular complexity index is 373.